The first-order valence-corrected chi connectivity index (χ1v) is 55.2. The van der Waals surface area contributed by atoms with Gasteiger partial charge in [-0.05, 0) is 250 Å². The summed E-state index contributed by atoms with van der Waals surface area (Å²) < 4.78 is 120. The molecule has 0 bridgehead atoms. The van der Waals surface area contributed by atoms with E-state index in [-0.39, 0.29) is 44.1 Å². The Balaban J connectivity index is 0.000000150. The lowest BCUT2D eigenvalue weighted by atomic mass is 9.95. The number of amides is 1. The van der Waals surface area contributed by atoms with E-state index in [4.69, 9.17) is 52.1 Å². The molecule has 0 aromatic heterocycles. The predicted octanol–water partition coefficient (Wildman–Crippen LogP) is 29.1. The molecule has 12 aromatic carbocycles. The first-order chi connectivity index (χ1) is 68.4. The summed E-state index contributed by atoms with van der Waals surface area (Å²) in [7, 11) is -0.246. The molecule has 0 fully saturated rings. The lowest BCUT2D eigenvalue weighted by molar-refractivity contribution is 0.0983. The number of anilines is 3. The summed E-state index contributed by atoms with van der Waals surface area (Å²) in [4.78, 5) is 29.9. The molecular weight excluding hydrogens is 1890 g/mol. The van der Waals surface area contributed by atoms with Gasteiger partial charge in [0.2, 0.25) is 9.84 Å². The van der Waals surface area contributed by atoms with Crippen molar-refractivity contribution in [3.63, 3.8) is 0 Å². The van der Waals surface area contributed by atoms with Crippen molar-refractivity contribution in [2.75, 3.05) is 88.6 Å². The topological polar surface area (TPSA) is 209 Å². The van der Waals surface area contributed by atoms with Crippen LogP contribution in [0.25, 0.3) is 0 Å². The Hall–Kier alpha value is -11.5. The maximum Gasteiger partial charge on any atom is 0.264 e. The van der Waals surface area contributed by atoms with Gasteiger partial charge in [0.15, 0.2) is 11.5 Å². The van der Waals surface area contributed by atoms with Gasteiger partial charge in [-0.3, -0.25) is 18.3 Å². The number of nitrogens with one attached hydrogen (secondary N) is 1. The Morgan fingerprint density at radius 1 is 0.448 bits per heavy atom. The normalized spacial score (nSPS) is 15.2. The molecule has 143 heavy (non-hydrogen) atoms. The van der Waals surface area contributed by atoms with E-state index in [0.29, 0.717) is 80.0 Å². The van der Waals surface area contributed by atoms with E-state index in [1.165, 1.54) is 102 Å². The molecular formula is C118H139Cl2FN8O11S3. The third kappa shape index (κ3) is 27.0. The van der Waals surface area contributed by atoms with Crippen molar-refractivity contribution in [2.24, 2.45) is 27.7 Å². The average molecular weight is 2030 g/mol. The Labute approximate surface area is 859 Å². The van der Waals surface area contributed by atoms with Gasteiger partial charge in [0.05, 0.1) is 72.8 Å². The first-order valence-electron chi connectivity index (χ1n) is 50.1. The Morgan fingerprint density at radius 3 is 1.50 bits per heavy atom. The van der Waals surface area contributed by atoms with Crippen molar-refractivity contribution in [3.8, 4) is 34.5 Å². The molecule has 2 unspecified atom stereocenters. The summed E-state index contributed by atoms with van der Waals surface area (Å²) >= 11 is 12.4. The molecule has 0 aliphatic carbocycles. The van der Waals surface area contributed by atoms with Gasteiger partial charge in [0.1, 0.15) is 46.8 Å². The highest BCUT2D eigenvalue weighted by Gasteiger charge is 2.40. The van der Waals surface area contributed by atoms with Crippen LogP contribution in [-0.2, 0) is 29.9 Å². The number of fused-ring (bicyclic) bond motifs is 10. The van der Waals surface area contributed by atoms with Crippen LogP contribution >= 0.6 is 23.2 Å². The highest BCUT2D eigenvalue weighted by molar-refractivity contribution is 7.93. The number of carbonyl (C=O) groups is 1. The second kappa shape index (κ2) is 49.9. The lowest BCUT2D eigenvalue weighted by Crippen LogP contribution is -2.31. The van der Waals surface area contributed by atoms with Crippen molar-refractivity contribution < 1.29 is 53.4 Å². The van der Waals surface area contributed by atoms with E-state index in [1.807, 2.05) is 161 Å². The molecule has 0 spiro atoms. The largest absolute Gasteiger partial charge is 0.497 e. The summed E-state index contributed by atoms with van der Waals surface area (Å²) in [6.07, 6.45) is 16.2. The molecule has 1 amide bonds. The van der Waals surface area contributed by atoms with E-state index >= 15 is 0 Å². The molecule has 5 aliphatic heterocycles. The number of halogens is 3. The summed E-state index contributed by atoms with van der Waals surface area (Å²) in [5, 5.41) is 4.48. The summed E-state index contributed by atoms with van der Waals surface area (Å²) in [5.41, 5.74) is 15.7. The molecule has 25 heteroatoms. The number of sulfone groups is 1. The lowest BCUT2D eigenvalue weighted by Gasteiger charge is -2.30. The molecule has 0 radical (unpaired) electrons. The number of benzene rings is 12. The van der Waals surface area contributed by atoms with Crippen LogP contribution in [0.2, 0.25) is 10.0 Å². The maximum absolute atomic E-state index is 14.2. The number of carbonyl (C=O) groups excluding carboxylic acids is 1. The monoisotopic (exact) mass is 2030 g/mol. The van der Waals surface area contributed by atoms with Gasteiger partial charge in [-0.25, -0.2) is 39.6 Å². The van der Waals surface area contributed by atoms with Gasteiger partial charge in [0, 0.05) is 59.5 Å². The quantitative estimate of drug-likeness (QED) is 0.0401. The van der Waals surface area contributed by atoms with Crippen LogP contribution in [0.15, 0.2) is 284 Å². The molecule has 756 valence electrons. The second-order valence-electron chi connectivity index (χ2n) is 39.4. The van der Waals surface area contributed by atoms with E-state index < -0.39 is 29.9 Å². The van der Waals surface area contributed by atoms with E-state index in [1.54, 1.807) is 73.6 Å². The number of para-hydroxylation sites is 7. The van der Waals surface area contributed by atoms with Gasteiger partial charge in [-0.1, -0.05) is 297 Å². The molecule has 12 aromatic rings. The third-order valence-electron chi connectivity index (χ3n) is 26.4. The zero-order chi connectivity index (χ0) is 103. The van der Waals surface area contributed by atoms with Crippen LogP contribution < -0.4 is 37.8 Å². The number of ether oxygens (including phenoxy) is 4. The Morgan fingerprint density at radius 2 is 0.930 bits per heavy atom. The highest BCUT2D eigenvalue weighted by Crippen LogP contribution is 2.48. The number of likely N-dealkylation sites (N-methyl/N-ethyl adjacent to an activating group) is 1. The van der Waals surface area contributed by atoms with Crippen molar-refractivity contribution in [2.45, 2.75) is 210 Å². The predicted molar refractivity (Wildman–Crippen MR) is 583 cm³/mol. The second-order valence-corrected chi connectivity index (χ2v) is 46.1. The van der Waals surface area contributed by atoms with E-state index in [9.17, 15) is 34.4 Å². The van der Waals surface area contributed by atoms with Crippen LogP contribution in [0.1, 0.15) is 255 Å². The molecule has 0 saturated carbocycles. The smallest absolute Gasteiger partial charge is 0.264 e. The molecule has 5 aliphatic rings. The van der Waals surface area contributed by atoms with Gasteiger partial charge >= 0.3 is 0 Å². The fourth-order valence-electron chi connectivity index (χ4n) is 18.4. The minimum absolute atomic E-state index is 0.0352. The average Bonchev–Trinajstić information content (AvgIpc) is 1.60. The van der Waals surface area contributed by atoms with E-state index in [2.05, 4.69) is 128 Å². The van der Waals surface area contributed by atoms with Gasteiger partial charge in [0.25, 0.3) is 26.0 Å². The molecule has 0 saturated heterocycles. The van der Waals surface area contributed by atoms with E-state index in [0.717, 1.165) is 160 Å². The maximum atomic E-state index is 14.2. The zero-order valence-corrected chi connectivity index (χ0v) is 89.7. The molecule has 17 rings (SSSR count). The van der Waals surface area contributed by atoms with Gasteiger partial charge in [-0.2, -0.15) is 0 Å². The van der Waals surface area contributed by atoms with Gasteiger partial charge in [-0.15, -0.1) is 0 Å². The highest BCUT2D eigenvalue weighted by atomic mass is 35.5. The fourth-order valence-corrected chi connectivity index (χ4v) is 23.4. The number of rotatable bonds is 31. The summed E-state index contributed by atoms with van der Waals surface area (Å²) in [5.74, 6) is 6.69. The number of methoxy groups -OCH3 is 1. The molecule has 2 atom stereocenters. The number of nitrogens with zero attached hydrogens (tertiary/aromatic N) is 7. The zero-order valence-electron chi connectivity index (χ0n) is 85.7. The Kier molecular flexibility index (Phi) is 37.9. The van der Waals surface area contributed by atoms with Crippen LogP contribution in [0.5, 0.6) is 34.5 Å². The number of unbranched alkanes of at least 4 members (excludes halogenated alkanes) is 8. The standard InChI is InChI=1S/C26H28N2O2.C24H33ClN2O2S.C23H31ClN2O2S.C23H20FNO.C22H27NO4S/c1-18(2)19-9-11-20(12-10-19)26-22-17-21(29-16-15-28(3)4)13-14-24(22)30-25-8-6-5-7-23(25)27-26;1-18(2)11-7-5-6-10-16-26(3)24-20-12-8-9-13-22(20)27(4)30(28,29)23-17-19(25)14-15-21(23)24;1-17(2)10-6-4-5-9-15-25-23-19-11-7-8-12-21(19)26(3)29(27,28)22-16-18(24)13-14-20(22)23;1-14(2)16-8-10-17(11-9-16)22-19-13-18(24)12-15(3)23(19)26-21-7-5-4-6-20(21)25-22;1-16(2)9-5-4-8-14-23-19-10-6-7-11-21(19)28(25,26)20-13-12-17(27-3)15-18(20)22(23)24/h5-14,17-18H,15-16H2,1-4H3;8-9,12-15,17-18,24H,5-7,10-11,16H2,1-4H3;7-8,11-14,16-17,23,25H,4-6,9-10,15H2,1-3H3;4-14H,1-3H3;6-7,10-13,15-16H,4-5,8-9,14H2,1-3H3. The molecule has 1 N–H and O–H groups in total. The summed E-state index contributed by atoms with van der Waals surface area (Å²) in [6, 6.07) is 78.3. The SMILES string of the molecule is CC(C)CCCCCCN(C)C1c2ccccc2N(C)S(=O)(=O)c2cc(Cl)ccc21.CC(C)CCCCCCNC1c2ccccc2N(C)S(=O)(=O)c2cc(Cl)ccc21.CC(C)c1ccc(C2=Nc3ccccc3Oc3ccc(OCCN(C)C)cc32)cc1.COc1ccc2c(c1)C(=O)N(CCCCCC(C)C)c1ccccc1S2(=O)=O.Cc1cc(F)cc2c1Oc1ccccc1N=C2c1ccc(C(C)C)cc1. The number of aliphatic imine (C=N–C) groups is 2. The Bertz CT molecular complexity index is 6830. The fraction of sp³-hybridized carbons (Fsp3) is 0.364. The van der Waals surface area contributed by atoms with Crippen molar-refractivity contribution >= 4 is 98.9 Å². The number of sulfonamides is 2. The van der Waals surface area contributed by atoms with Crippen LogP contribution in [0.3, 0.4) is 0 Å². The van der Waals surface area contributed by atoms with Crippen molar-refractivity contribution in [1.29, 1.82) is 0 Å². The number of aryl methyl sites for hydroxylation is 1. The van der Waals surface area contributed by atoms with Crippen LogP contribution in [-0.4, -0.2) is 128 Å². The molecule has 19 nitrogen and oxygen atoms in total. The minimum atomic E-state index is -3.79. The minimum Gasteiger partial charge on any atom is -0.497 e. The van der Waals surface area contributed by atoms with Crippen molar-refractivity contribution in [1.82, 2.24) is 15.1 Å². The third-order valence-corrected chi connectivity index (χ3v) is 32.4. The first kappa shape index (κ1) is 109. The number of hydrogen-bond donors (Lipinski definition) is 1. The number of hydrogen-bond acceptors (Lipinski definition) is 16. The van der Waals surface area contributed by atoms with Gasteiger partial charge < -0.3 is 34.1 Å². The van der Waals surface area contributed by atoms with Crippen molar-refractivity contribution in [3.05, 3.63) is 337 Å². The van der Waals surface area contributed by atoms with Crippen LogP contribution in [0.4, 0.5) is 32.8 Å². The van der Waals surface area contributed by atoms with Crippen LogP contribution in [0, 0.1) is 30.5 Å². The summed E-state index contributed by atoms with van der Waals surface area (Å²) in [6.45, 7) is 27.8. The molecule has 5 heterocycles.